The lowest BCUT2D eigenvalue weighted by molar-refractivity contribution is 0.0976. The molecular formula is C16H8Cl3F3N4O3S. The van der Waals surface area contributed by atoms with Crippen LogP contribution >= 0.6 is 34.8 Å². The molecule has 14 heteroatoms. The highest BCUT2D eigenvalue weighted by atomic mass is 35.5. The van der Waals surface area contributed by atoms with E-state index in [1.807, 2.05) is 0 Å². The van der Waals surface area contributed by atoms with Crippen LogP contribution in [0.2, 0.25) is 15.1 Å². The Morgan fingerprint density at radius 2 is 1.57 bits per heavy atom. The number of nitrogens with one attached hydrogen (secondary N) is 1. The van der Waals surface area contributed by atoms with Crippen molar-refractivity contribution >= 4 is 50.7 Å². The molecule has 3 aromatic rings. The van der Waals surface area contributed by atoms with Crippen LogP contribution < -0.4 is 4.72 Å². The summed E-state index contributed by atoms with van der Waals surface area (Å²) in [7, 11) is -5.04. The van der Waals surface area contributed by atoms with Gasteiger partial charge in [-0.05, 0) is 19.1 Å². The molecule has 1 N–H and O–H groups in total. The van der Waals surface area contributed by atoms with Crippen molar-refractivity contribution in [3.63, 3.8) is 0 Å². The van der Waals surface area contributed by atoms with Gasteiger partial charge in [-0.15, -0.1) is 5.10 Å². The van der Waals surface area contributed by atoms with E-state index in [9.17, 15) is 26.4 Å². The van der Waals surface area contributed by atoms with Crippen molar-refractivity contribution in [2.45, 2.75) is 11.8 Å². The summed E-state index contributed by atoms with van der Waals surface area (Å²) in [4.78, 5) is 10.9. The van der Waals surface area contributed by atoms with E-state index in [1.54, 1.807) is 0 Å². The Morgan fingerprint density at radius 1 is 1.03 bits per heavy atom. The number of benzene rings is 2. The van der Waals surface area contributed by atoms with E-state index in [0.29, 0.717) is 0 Å². The van der Waals surface area contributed by atoms with Crippen molar-refractivity contribution in [1.82, 2.24) is 19.7 Å². The normalized spacial score (nSPS) is 11.6. The summed E-state index contributed by atoms with van der Waals surface area (Å²) in [5, 5.41) is 7.65. The van der Waals surface area contributed by atoms with E-state index in [1.165, 1.54) is 23.8 Å². The Kier molecular flexibility index (Phi) is 6.01. The first-order valence-electron chi connectivity index (χ1n) is 7.71. The largest absolute Gasteiger partial charge is 0.287 e. The van der Waals surface area contributed by atoms with Gasteiger partial charge in [-0.2, -0.15) is 0 Å². The topological polar surface area (TPSA) is 93.9 Å². The van der Waals surface area contributed by atoms with Crippen LogP contribution in [0.4, 0.5) is 13.2 Å². The fourth-order valence-corrected chi connectivity index (χ4v) is 4.55. The summed E-state index contributed by atoms with van der Waals surface area (Å²) in [6.07, 6.45) is 0. The highest BCUT2D eigenvalue weighted by Crippen LogP contribution is 2.32. The number of carbonyl (C=O) groups excluding carboxylic acids is 1. The summed E-state index contributed by atoms with van der Waals surface area (Å²) < 4.78 is 67.7. The third-order valence-corrected chi connectivity index (χ3v) is 5.94. The number of hydrogen-bond donors (Lipinski definition) is 1. The van der Waals surface area contributed by atoms with E-state index < -0.39 is 44.0 Å². The molecule has 0 unspecified atom stereocenters. The van der Waals surface area contributed by atoms with E-state index >= 15 is 0 Å². The van der Waals surface area contributed by atoms with E-state index in [4.69, 9.17) is 34.8 Å². The number of sulfonamides is 1. The zero-order valence-corrected chi connectivity index (χ0v) is 17.6. The van der Waals surface area contributed by atoms with Crippen LogP contribution in [0.15, 0.2) is 29.2 Å². The molecule has 1 heterocycles. The van der Waals surface area contributed by atoms with Gasteiger partial charge in [-0.3, -0.25) is 4.79 Å². The predicted octanol–water partition coefficient (Wildman–Crippen LogP) is 4.07. The first kappa shape index (κ1) is 22.3. The SMILES string of the molecule is Cc1c(C(=O)NS(=O)(=O)c2c(F)cc(F)cc2F)nnn1-c1c(Cl)cc(Cl)cc1Cl. The number of nitrogens with zero attached hydrogens (tertiary/aromatic N) is 3. The smallest absolute Gasteiger partial charge is 0.266 e. The van der Waals surface area contributed by atoms with Gasteiger partial charge in [0.2, 0.25) is 0 Å². The van der Waals surface area contributed by atoms with Gasteiger partial charge in [0, 0.05) is 17.2 Å². The van der Waals surface area contributed by atoms with Crippen molar-refractivity contribution < 1.29 is 26.4 Å². The number of rotatable bonds is 4. The van der Waals surface area contributed by atoms with Crippen molar-refractivity contribution in [3.8, 4) is 5.69 Å². The van der Waals surface area contributed by atoms with Gasteiger partial charge in [0.15, 0.2) is 10.6 Å². The molecule has 3 rings (SSSR count). The number of hydrogen-bond acceptors (Lipinski definition) is 5. The Balaban J connectivity index is 1.99. The first-order valence-corrected chi connectivity index (χ1v) is 10.3. The highest BCUT2D eigenvalue weighted by molar-refractivity contribution is 7.90. The maximum absolute atomic E-state index is 13.8. The summed E-state index contributed by atoms with van der Waals surface area (Å²) in [6, 6.07) is 3.04. The maximum atomic E-state index is 13.8. The van der Waals surface area contributed by atoms with Gasteiger partial charge in [0.1, 0.15) is 23.1 Å². The van der Waals surface area contributed by atoms with Crippen LogP contribution in [0.25, 0.3) is 5.69 Å². The van der Waals surface area contributed by atoms with Gasteiger partial charge >= 0.3 is 0 Å². The van der Waals surface area contributed by atoms with Crippen molar-refractivity contribution in [2.24, 2.45) is 0 Å². The van der Waals surface area contributed by atoms with Crippen LogP contribution in [-0.2, 0) is 10.0 Å². The molecule has 0 aliphatic rings. The minimum atomic E-state index is -5.04. The third-order valence-electron chi connectivity index (χ3n) is 3.76. The Labute approximate surface area is 182 Å². The average molecular weight is 500 g/mol. The molecule has 0 saturated heterocycles. The Hall–Kier alpha value is -2.34. The fourth-order valence-electron chi connectivity index (χ4n) is 2.50. The third kappa shape index (κ3) is 4.10. The monoisotopic (exact) mass is 498 g/mol. The second-order valence-electron chi connectivity index (χ2n) is 5.79. The molecule has 0 saturated carbocycles. The number of aromatic nitrogens is 3. The van der Waals surface area contributed by atoms with Gasteiger partial charge in [0.25, 0.3) is 15.9 Å². The molecule has 158 valence electrons. The molecule has 30 heavy (non-hydrogen) atoms. The second kappa shape index (κ2) is 8.06. The Bertz CT molecular complexity index is 1250. The minimum absolute atomic E-state index is 0.00822. The van der Waals surface area contributed by atoms with Gasteiger partial charge in [-0.25, -0.2) is 31.0 Å². The number of amides is 1. The second-order valence-corrected chi connectivity index (χ2v) is 8.66. The van der Waals surface area contributed by atoms with Crippen LogP contribution in [0, 0.1) is 24.4 Å². The van der Waals surface area contributed by atoms with Crippen molar-refractivity contribution in [1.29, 1.82) is 0 Å². The molecule has 0 aliphatic carbocycles. The van der Waals surface area contributed by atoms with Gasteiger partial charge in [-0.1, -0.05) is 40.0 Å². The average Bonchev–Trinajstić information content (AvgIpc) is 2.93. The molecule has 1 amide bonds. The standard InChI is InChI=1S/C16H8Cl3F3N4O3S/c1-6-13(23-25-26(6)14-9(18)2-7(17)3-10(14)19)16(27)24-30(28,29)15-11(21)4-8(20)5-12(15)22/h2-5H,1H3,(H,24,27). The Morgan fingerprint density at radius 3 is 2.10 bits per heavy atom. The first-order chi connectivity index (χ1) is 13.9. The van der Waals surface area contributed by atoms with E-state index in [0.717, 1.165) is 4.68 Å². The molecule has 0 fully saturated rings. The number of carbonyl (C=O) groups is 1. The molecule has 2 aromatic carbocycles. The van der Waals surface area contributed by atoms with E-state index in [-0.39, 0.29) is 38.6 Å². The minimum Gasteiger partial charge on any atom is -0.266 e. The highest BCUT2D eigenvalue weighted by Gasteiger charge is 2.30. The fraction of sp³-hybridized carbons (Fsp3) is 0.0625. The van der Waals surface area contributed by atoms with Crippen LogP contribution in [0.5, 0.6) is 0 Å². The molecule has 0 spiro atoms. The lowest BCUT2D eigenvalue weighted by Gasteiger charge is -2.10. The van der Waals surface area contributed by atoms with E-state index in [2.05, 4.69) is 10.3 Å². The zero-order chi connectivity index (χ0) is 22.4. The summed E-state index contributed by atoms with van der Waals surface area (Å²) >= 11 is 18.0. The molecule has 1 aromatic heterocycles. The summed E-state index contributed by atoms with van der Waals surface area (Å²) in [5.74, 6) is -6.10. The molecular weight excluding hydrogens is 492 g/mol. The predicted molar refractivity (Wildman–Crippen MR) is 102 cm³/mol. The van der Waals surface area contributed by atoms with Crippen LogP contribution in [0.1, 0.15) is 16.2 Å². The molecule has 0 radical (unpaired) electrons. The lowest BCUT2D eigenvalue weighted by Crippen LogP contribution is -2.32. The maximum Gasteiger partial charge on any atom is 0.287 e. The molecule has 0 aliphatic heterocycles. The summed E-state index contributed by atoms with van der Waals surface area (Å²) in [6.45, 7) is 1.35. The molecule has 7 nitrogen and oxygen atoms in total. The molecule has 0 atom stereocenters. The lowest BCUT2D eigenvalue weighted by atomic mass is 10.3. The van der Waals surface area contributed by atoms with Gasteiger partial charge < -0.3 is 0 Å². The van der Waals surface area contributed by atoms with Crippen molar-refractivity contribution in [2.75, 3.05) is 0 Å². The molecule has 0 bridgehead atoms. The van der Waals surface area contributed by atoms with Crippen LogP contribution in [-0.4, -0.2) is 29.3 Å². The number of halogens is 6. The summed E-state index contributed by atoms with van der Waals surface area (Å²) in [5.41, 5.74) is -0.372. The van der Waals surface area contributed by atoms with Crippen molar-refractivity contribution in [3.05, 3.63) is 68.2 Å². The van der Waals surface area contributed by atoms with Gasteiger partial charge in [0.05, 0.1) is 15.7 Å². The quantitative estimate of drug-likeness (QED) is 0.584. The zero-order valence-electron chi connectivity index (χ0n) is 14.6. The van der Waals surface area contributed by atoms with Crippen LogP contribution in [0.3, 0.4) is 0 Å².